The summed E-state index contributed by atoms with van der Waals surface area (Å²) in [7, 11) is 0. The zero-order valence-electron chi connectivity index (χ0n) is 4.52. The maximum absolute atomic E-state index is 10.5. The van der Waals surface area contributed by atoms with E-state index in [0.717, 1.165) is 19.4 Å². The standard InChI is InChI=1S/C5H8NOSe/c7-5(8)4-2-1-3-6-4/h4,6H,1-3H2/t4-/m0/s1. The third-order valence-electron chi connectivity index (χ3n) is 1.34. The van der Waals surface area contributed by atoms with Crippen molar-refractivity contribution in [3.63, 3.8) is 0 Å². The van der Waals surface area contributed by atoms with E-state index in [1.807, 2.05) is 0 Å². The Kier molecular flexibility index (Phi) is 2.06. The molecular weight excluding hydrogens is 169 g/mol. The second kappa shape index (κ2) is 2.62. The predicted molar refractivity (Wildman–Crippen MR) is 31.8 cm³/mol. The third-order valence-corrected chi connectivity index (χ3v) is 1.94. The Morgan fingerprint density at radius 3 is 2.75 bits per heavy atom. The quantitative estimate of drug-likeness (QED) is 0.543. The molecule has 1 aliphatic rings. The van der Waals surface area contributed by atoms with Crippen molar-refractivity contribution in [3.8, 4) is 0 Å². The molecule has 0 amide bonds. The van der Waals surface area contributed by atoms with Gasteiger partial charge in [-0.25, -0.2) is 0 Å². The summed E-state index contributed by atoms with van der Waals surface area (Å²) in [5, 5.41) is 3.08. The molecule has 1 radical (unpaired) electrons. The molecule has 0 bridgehead atoms. The molecule has 1 saturated heterocycles. The van der Waals surface area contributed by atoms with E-state index in [1.54, 1.807) is 0 Å². The van der Waals surface area contributed by atoms with Crippen LogP contribution in [-0.2, 0) is 4.79 Å². The molecule has 0 aliphatic carbocycles. The first kappa shape index (κ1) is 6.27. The van der Waals surface area contributed by atoms with Crippen molar-refractivity contribution in [1.29, 1.82) is 0 Å². The molecule has 1 N–H and O–H groups in total. The topological polar surface area (TPSA) is 29.1 Å². The molecule has 0 aromatic heterocycles. The van der Waals surface area contributed by atoms with Gasteiger partial charge in [-0.3, -0.25) is 0 Å². The van der Waals surface area contributed by atoms with E-state index in [9.17, 15) is 4.79 Å². The van der Waals surface area contributed by atoms with Crippen LogP contribution in [0, 0.1) is 0 Å². The molecule has 8 heavy (non-hydrogen) atoms. The van der Waals surface area contributed by atoms with E-state index in [4.69, 9.17) is 0 Å². The van der Waals surface area contributed by atoms with Crippen LogP contribution in [0.4, 0.5) is 0 Å². The Morgan fingerprint density at radius 2 is 2.50 bits per heavy atom. The van der Waals surface area contributed by atoms with Crippen LogP contribution in [0.1, 0.15) is 12.8 Å². The number of carbonyl (C=O) groups is 1. The van der Waals surface area contributed by atoms with Crippen molar-refractivity contribution in [2.45, 2.75) is 18.9 Å². The van der Waals surface area contributed by atoms with Crippen molar-refractivity contribution in [3.05, 3.63) is 0 Å². The number of hydrogen-bond donors (Lipinski definition) is 1. The van der Waals surface area contributed by atoms with Crippen molar-refractivity contribution < 1.29 is 4.79 Å². The third kappa shape index (κ3) is 1.31. The molecule has 0 unspecified atom stereocenters. The molecule has 3 heteroatoms. The van der Waals surface area contributed by atoms with Crippen LogP contribution in [0.15, 0.2) is 0 Å². The van der Waals surface area contributed by atoms with Gasteiger partial charge in [0.1, 0.15) is 0 Å². The minimum atomic E-state index is 0.120. The minimum absolute atomic E-state index is 0.120. The summed E-state index contributed by atoms with van der Waals surface area (Å²) in [6.45, 7) is 0.998. The van der Waals surface area contributed by atoms with E-state index in [-0.39, 0.29) is 10.7 Å². The first-order valence-electron chi connectivity index (χ1n) is 2.75. The fourth-order valence-electron chi connectivity index (χ4n) is 0.886. The van der Waals surface area contributed by atoms with Crippen molar-refractivity contribution >= 4 is 20.7 Å². The number of nitrogens with one attached hydrogen (secondary N) is 1. The van der Waals surface area contributed by atoms with Crippen molar-refractivity contribution in [1.82, 2.24) is 5.32 Å². The van der Waals surface area contributed by atoms with Gasteiger partial charge >= 0.3 is 56.2 Å². The molecule has 1 heterocycles. The normalized spacial score (nSPS) is 28.2. The second-order valence-corrected chi connectivity index (χ2v) is 2.81. The molecule has 2 nitrogen and oxygen atoms in total. The summed E-state index contributed by atoms with van der Waals surface area (Å²) < 4.78 is 0.155. The Morgan fingerprint density at radius 1 is 1.75 bits per heavy atom. The van der Waals surface area contributed by atoms with Crippen LogP contribution in [0.5, 0.6) is 0 Å². The molecular formula is C5H8NOSe. The van der Waals surface area contributed by atoms with E-state index >= 15 is 0 Å². The summed E-state index contributed by atoms with van der Waals surface area (Å²) in [4.78, 5) is 10.5. The molecule has 45 valence electrons. The first-order valence-corrected chi connectivity index (χ1v) is 3.60. The van der Waals surface area contributed by atoms with Gasteiger partial charge in [-0.05, 0) is 0 Å². The van der Waals surface area contributed by atoms with E-state index in [2.05, 4.69) is 21.3 Å². The summed E-state index contributed by atoms with van der Waals surface area (Å²) in [6, 6.07) is 0.120. The van der Waals surface area contributed by atoms with Crippen LogP contribution in [0.3, 0.4) is 0 Å². The van der Waals surface area contributed by atoms with E-state index in [1.165, 1.54) is 0 Å². The van der Waals surface area contributed by atoms with Crippen molar-refractivity contribution in [2.24, 2.45) is 0 Å². The summed E-state index contributed by atoms with van der Waals surface area (Å²) in [5.41, 5.74) is 0. The van der Waals surface area contributed by atoms with Crippen LogP contribution in [-0.4, -0.2) is 33.3 Å². The average molecular weight is 177 g/mol. The van der Waals surface area contributed by atoms with Gasteiger partial charge in [0.15, 0.2) is 0 Å². The van der Waals surface area contributed by atoms with Gasteiger partial charge < -0.3 is 0 Å². The zero-order valence-corrected chi connectivity index (χ0v) is 6.23. The fourth-order valence-corrected chi connectivity index (χ4v) is 1.31. The molecule has 1 rings (SSSR count). The number of hydrogen-bond acceptors (Lipinski definition) is 2. The molecule has 1 atom stereocenters. The van der Waals surface area contributed by atoms with Gasteiger partial charge in [-0.1, -0.05) is 0 Å². The summed E-state index contributed by atoms with van der Waals surface area (Å²) >= 11 is 2.48. The SMILES string of the molecule is O=C([Se])[C@@H]1CCCN1. The molecule has 0 aromatic carbocycles. The van der Waals surface area contributed by atoms with E-state index in [0.29, 0.717) is 0 Å². The molecule has 0 spiro atoms. The van der Waals surface area contributed by atoms with Gasteiger partial charge in [-0.2, -0.15) is 0 Å². The van der Waals surface area contributed by atoms with Crippen molar-refractivity contribution in [2.75, 3.05) is 6.54 Å². The van der Waals surface area contributed by atoms with Crippen LogP contribution in [0.25, 0.3) is 0 Å². The number of rotatable bonds is 1. The zero-order chi connectivity index (χ0) is 5.98. The summed E-state index contributed by atoms with van der Waals surface area (Å²) in [6.07, 6.45) is 2.14. The molecule has 0 saturated carbocycles. The molecule has 1 fully saturated rings. The van der Waals surface area contributed by atoms with Crippen LogP contribution in [0.2, 0.25) is 0 Å². The monoisotopic (exact) mass is 178 g/mol. The Bertz CT molecular complexity index is 98.6. The average Bonchev–Trinajstić information content (AvgIpc) is 2.12. The van der Waals surface area contributed by atoms with Crippen LogP contribution >= 0.6 is 0 Å². The predicted octanol–water partition coefficient (Wildman–Crippen LogP) is -0.567. The van der Waals surface area contributed by atoms with Gasteiger partial charge in [0.05, 0.1) is 0 Å². The Balaban J connectivity index is 2.35. The Labute approximate surface area is 56.8 Å². The van der Waals surface area contributed by atoms with Gasteiger partial charge in [0.2, 0.25) is 0 Å². The van der Waals surface area contributed by atoms with Gasteiger partial charge in [0.25, 0.3) is 0 Å². The Hall–Kier alpha value is 0.149. The summed E-state index contributed by atoms with van der Waals surface area (Å²) in [5.74, 6) is 0. The van der Waals surface area contributed by atoms with Gasteiger partial charge in [-0.15, -0.1) is 0 Å². The fraction of sp³-hybridized carbons (Fsp3) is 0.800. The molecule has 1 aliphatic heterocycles. The van der Waals surface area contributed by atoms with E-state index < -0.39 is 0 Å². The van der Waals surface area contributed by atoms with Gasteiger partial charge in [0, 0.05) is 0 Å². The number of carbonyl (C=O) groups excluding carboxylic acids is 1. The van der Waals surface area contributed by atoms with Crippen LogP contribution < -0.4 is 5.32 Å². The maximum atomic E-state index is 10.5. The second-order valence-electron chi connectivity index (χ2n) is 1.97. The molecule has 0 aromatic rings. The first-order chi connectivity index (χ1) is 3.80.